The quantitative estimate of drug-likeness (QED) is 0.178. The first-order valence-electron chi connectivity index (χ1n) is 16.1. The fraction of sp³-hybridized carbons (Fsp3) is 0.839. The van der Waals surface area contributed by atoms with Gasteiger partial charge in [0.15, 0.2) is 0 Å². The number of hydrogen-bond acceptors (Lipinski definition) is 6. The Labute approximate surface area is 264 Å². The second-order valence-electron chi connectivity index (χ2n) is 14.4. The van der Waals surface area contributed by atoms with Crippen molar-refractivity contribution >= 4 is 40.5 Å². The van der Waals surface area contributed by atoms with Crippen LogP contribution in [-0.2, 0) is 30.2 Å². The van der Waals surface area contributed by atoms with E-state index in [1.165, 1.54) is 4.90 Å². The molecule has 1 saturated heterocycles. The van der Waals surface area contributed by atoms with Crippen LogP contribution in [0, 0.1) is 16.7 Å². The second kappa shape index (κ2) is 15.2. The molecule has 250 valence electrons. The van der Waals surface area contributed by atoms with Crippen LogP contribution in [0.4, 0.5) is 4.79 Å². The molecular formula is C31H54N6O6S. The third-order valence-electron chi connectivity index (χ3n) is 9.67. The number of Topliss-reactive ketones (excluding diaryl/α,β-unsaturated/α-hetero) is 1. The molecule has 2 aliphatic carbocycles. The Balaban J connectivity index is 1.83. The summed E-state index contributed by atoms with van der Waals surface area (Å²) in [7, 11) is 0.519. The molecule has 12 nitrogen and oxygen atoms in total. The molecule has 0 spiro atoms. The Morgan fingerprint density at radius 1 is 0.977 bits per heavy atom. The van der Waals surface area contributed by atoms with Crippen LogP contribution in [0.3, 0.4) is 0 Å². The molecule has 0 bridgehead atoms. The van der Waals surface area contributed by atoms with Crippen molar-refractivity contribution in [2.75, 3.05) is 26.4 Å². The first kappa shape index (κ1) is 35.9. The van der Waals surface area contributed by atoms with Crippen LogP contribution in [0.25, 0.3) is 0 Å². The van der Waals surface area contributed by atoms with Crippen LogP contribution in [0.1, 0.15) is 98.3 Å². The zero-order valence-corrected chi connectivity index (χ0v) is 28.2. The van der Waals surface area contributed by atoms with Gasteiger partial charge in [-0.1, -0.05) is 66.2 Å². The van der Waals surface area contributed by atoms with Gasteiger partial charge in [0, 0.05) is 25.4 Å². The molecule has 5 amide bonds. The fourth-order valence-corrected chi connectivity index (χ4v) is 6.77. The maximum absolute atomic E-state index is 14.4. The molecule has 5 N–H and O–H groups in total. The number of rotatable bonds is 13. The SMILES string of the molecule is CN(CC(NC(=O)NC(C(=O)N1CCCC1C(=O)NC(CC1CC1)C(=O)C(N)=O)C1(C)CCCCCC1)C(C)(C)C)S(C)=O. The van der Waals surface area contributed by atoms with Gasteiger partial charge in [-0.2, -0.15) is 0 Å². The van der Waals surface area contributed by atoms with E-state index in [0.717, 1.165) is 51.4 Å². The van der Waals surface area contributed by atoms with Gasteiger partial charge in [0.05, 0.1) is 17.0 Å². The lowest BCUT2D eigenvalue weighted by molar-refractivity contribution is -0.144. The van der Waals surface area contributed by atoms with Crippen molar-refractivity contribution in [1.82, 2.24) is 25.2 Å². The fourth-order valence-electron chi connectivity index (χ4n) is 6.41. The van der Waals surface area contributed by atoms with Gasteiger partial charge in [-0.15, -0.1) is 0 Å². The van der Waals surface area contributed by atoms with Crippen LogP contribution in [0.2, 0.25) is 0 Å². The summed E-state index contributed by atoms with van der Waals surface area (Å²) in [6.45, 7) is 8.72. The number of carbonyl (C=O) groups excluding carboxylic acids is 5. The number of likely N-dealkylation sites (N-methyl/N-ethyl adjacent to an activating group) is 1. The van der Waals surface area contributed by atoms with Crippen molar-refractivity contribution in [2.24, 2.45) is 22.5 Å². The van der Waals surface area contributed by atoms with E-state index in [9.17, 15) is 28.2 Å². The van der Waals surface area contributed by atoms with Crippen molar-refractivity contribution in [1.29, 1.82) is 0 Å². The van der Waals surface area contributed by atoms with E-state index in [4.69, 9.17) is 5.73 Å². The molecule has 3 aliphatic rings. The summed E-state index contributed by atoms with van der Waals surface area (Å²) in [5.41, 5.74) is 4.39. The Kier molecular flexibility index (Phi) is 12.4. The minimum absolute atomic E-state index is 0.265. The van der Waals surface area contributed by atoms with Crippen molar-refractivity contribution in [3.63, 3.8) is 0 Å². The first-order chi connectivity index (χ1) is 20.5. The zero-order chi connectivity index (χ0) is 32.8. The predicted molar refractivity (Wildman–Crippen MR) is 169 cm³/mol. The molecule has 2 saturated carbocycles. The largest absolute Gasteiger partial charge is 0.363 e. The third kappa shape index (κ3) is 9.73. The molecule has 5 atom stereocenters. The average molecular weight is 639 g/mol. The smallest absolute Gasteiger partial charge is 0.315 e. The third-order valence-corrected chi connectivity index (χ3v) is 10.7. The Morgan fingerprint density at radius 2 is 1.59 bits per heavy atom. The summed E-state index contributed by atoms with van der Waals surface area (Å²) in [6, 6.07) is -3.54. The molecule has 0 aromatic heterocycles. The van der Waals surface area contributed by atoms with Gasteiger partial charge in [-0.05, 0) is 55.9 Å². The molecule has 1 heterocycles. The number of likely N-dealkylation sites (tertiary alicyclic amines) is 1. The van der Waals surface area contributed by atoms with Crippen molar-refractivity contribution in [2.45, 2.75) is 122 Å². The highest BCUT2D eigenvalue weighted by atomic mass is 32.2. The molecule has 1 aliphatic heterocycles. The highest BCUT2D eigenvalue weighted by Crippen LogP contribution is 2.39. The van der Waals surface area contributed by atoms with E-state index in [-0.39, 0.29) is 23.3 Å². The summed E-state index contributed by atoms with van der Waals surface area (Å²) in [5, 5.41) is 8.79. The van der Waals surface area contributed by atoms with Gasteiger partial charge in [0.2, 0.25) is 17.6 Å². The van der Waals surface area contributed by atoms with Crippen molar-refractivity contribution in [3.05, 3.63) is 0 Å². The lowest BCUT2D eigenvalue weighted by Crippen LogP contribution is -2.62. The number of ketones is 1. The Bertz CT molecular complexity index is 1100. The number of nitrogens with zero attached hydrogens (tertiary/aromatic N) is 2. The topological polar surface area (TPSA) is 171 Å². The number of nitrogens with one attached hydrogen (secondary N) is 3. The van der Waals surface area contributed by atoms with Crippen molar-refractivity contribution < 1.29 is 28.2 Å². The highest BCUT2D eigenvalue weighted by molar-refractivity contribution is 7.81. The summed E-state index contributed by atoms with van der Waals surface area (Å²) >= 11 is 0. The predicted octanol–water partition coefficient (Wildman–Crippen LogP) is 1.99. The van der Waals surface area contributed by atoms with Gasteiger partial charge < -0.3 is 26.6 Å². The van der Waals surface area contributed by atoms with Gasteiger partial charge >= 0.3 is 6.03 Å². The number of primary amides is 1. The molecule has 3 rings (SSSR count). The lowest BCUT2D eigenvalue weighted by atomic mass is 9.75. The number of urea groups is 1. The Hall–Kier alpha value is -2.54. The van der Waals surface area contributed by atoms with Crippen molar-refractivity contribution in [3.8, 4) is 0 Å². The highest BCUT2D eigenvalue weighted by Gasteiger charge is 2.46. The van der Waals surface area contributed by atoms with Gasteiger partial charge in [0.1, 0.15) is 12.1 Å². The zero-order valence-electron chi connectivity index (χ0n) is 27.4. The van der Waals surface area contributed by atoms with Crippen LogP contribution in [0.15, 0.2) is 0 Å². The molecule has 44 heavy (non-hydrogen) atoms. The molecule has 0 aromatic carbocycles. The van der Waals surface area contributed by atoms with E-state index < -0.39 is 58.2 Å². The van der Waals surface area contributed by atoms with E-state index in [1.54, 1.807) is 17.6 Å². The van der Waals surface area contributed by atoms with Crippen LogP contribution >= 0.6 is 0 Å². The van der Waals surface area contributed by atoms with E-state index >= 15 is 0 Å². The monoisotopic (exact) mass is 638 g/mol. The molecule has 5 unspecified atom stereocenters. The van der Waals surface area contributed by atoms with Gasteiger partial charge in [-0.3, -0.25) is 19.2 Å². The maximum atomic E-state index is 14.4. The molecule has 0 aromatic rings. The molecular weight excluding hydrogens is 584 g/mol. The maximum Gasteiger partial charge on any atom is 0.315 e. The lowest BCUT2D eigenvalue weighted by Gasteiger charge is -2.40. The summed E-state index contributed by atoms with van der Waals surface area (Å²) in [6.07, 6.45) is 10.3. The minimum atomic E-state index is -1.22. The standard InChI is InChI=1S/C31H54N6O6S/c1-30(2,3)23(19-36(5)44(6)43)34-29(42)35-25(31(4)15-9-7-8-10-16-31)28(41)37-17-11-12-22(37)27(40)33-21(18-20-13-14-20)24(38)26(32)39/h20-23,25H,7-19H2,1-6H3,(H2,32,39)(H,33,40)(H2,34,35,42). The van der Waals surface area contributed by atoms with Gasteiger partial charge in [0.25, 0.3) is 5.91 Å². The number of hydrogen-bond donors (Lipinski definition) is 4. The number of nitrogens with two attached hydrogens (primary N) is 1. The van der Waals surface area contributed by atoms with Crippen LogP contribution < -0.4 is 21.7 Å². The normalized spacial score (nSPS) is 23.2. The molecule has 0 radical (unpaired) electrons. The van der Waals surface area contributed by atoms with Crippen LogP contribution in [-0.4, -0.2) is 93.5 Å². The summed E-state index contributed by atoms with van der Waals surface area (Å²) in [5.74, 6) is -2.44. The van der Waals surface area contributed by atoms with E-state index in [0.29, 0.717) is 32.4 Å². The van der Waals surface area contributed by atoms with E-state index in [1.807, 2.05) is 27.7 Å². The number of amides is 5. The van der Waals surface area contributed by atoms with E-state index in [2.05, 4.69) is 16.0 Å². The average Bonchev–Trinajstić information content (AvgIpc) is 3.67. The number of carbonyl (C=O) groups is 5. The first-order valence-corrected chi connectivity index (χ1v) is 17.6. The Morgan fingerprint density at radius 3 is 2.11 bits per heavy atom. The second-order valence-corrected chi connectivity index (χ2v) is 15.9. The minimum Gasteiger partial charge on any atom is -0.363 e. The summed E-state index contributed by atoms with van der Waals surface area (Å²) < 4.78 is 13.7. The molecule has 13 heteroatoms. The van der Waals surface area contributed by atoms with Crippen LogP contribution in [0.5, 0.6) is 0 Å². The van der Waals surface area contributed by atoms with Gasteiger partial charge in [-0.25, -0.2) is 13.3 Å². The summed E-state index contributed by atoms with van der Waals surface area (Å²) in [4.78, 5) is 67.2. The molecule has 3 fully saturated rings.